The van der Waals surface area contributed by atoms with Gasteiger partial charge in [0.15, 0.2) is 11.9 Å². The Labute approximate surface area is 166 Å². The van der Waals surface area contributed by atoms with Gasteiger partial charge in [-0.3, -0.25) is 14.8 Å². The fourth-order valence-electron chi connectivity index (χ4n) is 4.17. The minimum Gasteiger partial charge on any atom is -0.394 e. The molecule has 1 unspecified atom stereocenters. The van der Waals surface area contributed by atoms with Gasteiger partial charge in [0.05, 0.1) is 24.6 Å². The van der Waals surface area contributed by atoms with Crippen molar-refractivity contribution in [3.8, 4) is 0 Å². The molecule has 0 bridgehead atoms. The fourth-order valence-corrected chi connectivity index (χ4v) is 4.17. The van der Waals surface area contributed by atoms with Crippen molar-refractivity contribution in [1.82, 2.24) is 15.1 Å². The van der Waals surface area contributed by atoms with Crippen molar-refractivity contribution in [2.24, 2.45) is 21.3 Å². The molecule has 2 aliphatic carbocycles. The zero-order chi connectivity index (χ0) is 21.0. The Morgan fingerprint density at radius 2 is 2.14 bits per heavy atom. The molecule has 4 atom stereocenters. The fraction of sp³-hybridized carbons (Fsp3) is 0.684. The zero-order valence-electron chi connectivity index (χ0n) is 16.3. The summed E-state index contributed by atoms with van der Waals surface area (Å²) in [6, 6.07) is -1.48. The lowest BCUT2D eigenvalue weighted by molar-refractivity contribution is -0.223. The molecular formula is C19H24F3N5O2. The maximum atomic E-state index is 13.4. The second kappa shape index (κ2) is 6.93. The highest BCUT2D eigenvalue weighted by Gasteiger charge is 2.53. The average molecular weight is 411 g/mol. The van der Waals surface area contributed by atoms with Crippen molar-refractivity contribution >= 4 is 18.3 Å². The molecule has 0 saturated heterocycles. The molecule has 0 spiro atoms. The van der Waals surface area contributed by atoms with Crippen LogP contribution in [0.1, 0.15) is 60.5 Å². The molecule has 1 saturated carbocycles. The Morgan fingerprint density at radius 3 is 2.76 bits per heavy atom. The van der Waals surface area contributed by atoms with E-state index in [1.54, 1.807) is 17.1 Å². The van der Waals surface area contributed by atoms with Crippen LogP contribution in [-0.2, 0) is 6.42 Å². The van der Waals surface area contributed by atoms with Crippen LogP contribution < -0.4 is 5.32 Å². The van der Waals surface area contributed by atoms with Crippen LogP contribution >= 0.6 is 0 Å². The number of hydrogen-bond acceptors (Lipinski definition) is 5. The second-order valence-corrected chi connectivity index (χ2v) is 8.52. The molecule has 1 aromatic heterocycles. The molecule has 1 aromatic rings. The molecule has 2 heterocycles. The lowest BCUT2D eigenvalue weighted by atomic mass is 9.83. The molecule has 4 rings (SSSR count). The largest absolute Gasteiger partial charge is 0.396 e. The topological polar surface area (TPSA) is 91.9 Å². The van der Waals surface area contributed by atoms with Crippen molar-refractivity contribution in [2.45, 2.75) is 57.4 Å². The predicted octanol–water partition coefficient (Wildman–Crippen LogP) is 2.27. The first-order chi connectivity index (χ1) is 13.6. The summed E-state index contributed by atoms with van der Waals surface area (Å²) in [6.07, 6.45) is 0.879. The summed E-state index contributed by atoms with van der Waals surface area (Å²) < 4.78 is 41.9. The summed E-state index contributed by atoms with van der Waals surface area (Å²) in [6.45, 7) is 1.51. The van der Waals surface area contributed by atoms with E-state index in [4.69, 9.17) is 0 Å². The summed E-state index contributed by atoms with van der Waals surface area (Å²) >= 11 is 0. The van der Waals surface area contributed by atoms with Crippen LogP contribution in [0.3, 0.4) is 0 Å². The van der Waals surface area contributed by atoms with Gasteiger partial charge in [0.25, 0.3) is 5.91 Å². The Hall–Kier alpha value is -2.23. The highest BCUT2D eigenvalue weighted by Crippen LogP contribution is 2.55. The highest BCUT2D eigenvalue weighted by atomic mass is 19.4. The lowest BCUT2D eigenvalue weighted by Gasteiger charge is -2.35. The van der Waals surface area contributed by atoms with Crippen LogP contribution in [0.4, 0.5) is 13.2 Å². The van der Waals surface area contributed by atoms with Crippen molar-refractivity contribution in [1.29, 1.82) is 0 Å². The number of nitrogens with one attached hydrogen (secondary N) is 1. The molecule has 0 aromatic carbocycles. The van der Waals surface area contributed by atoms with Crippen LogP contribution in [-0.4, -0.2) is 58.6 Å². The molecule has 3 aliphatic rings. The molecule has 7 nitrogen and oxygen atoms in total. The van der Waals surface area contributed by atoms with E-state index in [-0.39, 0.29) is 11.9 Å². The molecule has 2 N–H and O–H groups in total. The van der Waals surface area contributed by atoms with Crippen LogP contribution in [0, 0.1) is 11.3 Å². The maximum Gasteiger partial charge on any atom is 0.396 e. The number of hydrogen-bond donors (Lipinski definition) is 2. The molecular weight excluding hydrogens is 387 g/mol. The van der Waals surface area contributed by atoms with E-state index >= 15 is 0 Å². The van der Waals surface area contributed by atoms with Crippen LogP contribution in [0.15, 0.2) is 9.98 Å². The number of carbonyl (C=O) groups excluding carboxylic acids is 1. The van der Waals surface area contributed by atoms with E-state index in [9.17, 15) is 23.1 Å². The van der Waals surface area contributed by atoms with Gasteiger partial charge < -0.3 is 10.4 Å². The van der Waals surface area contributed by atoms with Gasteiger partial charge in [-0.25, -0.2) is 4.68 Å². The highest BCUT2D eigenvalue weighted by molar-refractivity contribution is 6.16. The minimum atomic E-state index is -4.58. The van der Waals surface area contributed by atoms with E-state index in [2.05, 4.69) is 20.4 Å². The van der Waals surface area contributed by atoms with Gasteiger partial charge in [-0.05, 0) is 39.0 Å². The number of halogens is 3. The van der Waals surface area contributed by atoms with Crippen molar-refractivity contribution < 1.29 is 23.1 Å². The maximum absolute atomic E-state index is 13.4. The number of amides is 1. The van der Waals surface area contributed by atoms with Gasteiger partial charge in [0.1, 0.15) is 0 Å². The van der Waals surface area contributed by atoms with Crippen molar-refractivity contribution in [2.75, 3.05) is 13.2 Å². The van der Waals surface area contributed by atoms with Gasteiger partial charge >= 0.3 is 6.18 Å². The van der Waals surface area contributed by atoms with Gasteiger partial charge in [0, 0.05) is 29.6 Å². The van der Waals surface area contributed by atoms with E-state index in [1.807, 2.05) is 0 Å². The minimum absolute atomic E-state index is 0.131. The Morgan fingerprint density at radius 1 is 1.38 bits per heavy atom. The van der Waals surface area contributed by atoms with Crippen LogP contribution in [0.25, 0.3) is 0 Å². The molecule has 0 radical (unpaired) electrons. The zero-order valence-corrected chi connectivity index (χ0v) is 16.3. The Balaban J connectivity index is 1.65. The van der Waals surface area contributed by atoms with Gasteiger partial charge in [0.2, 0.25) is 0 Å². The number of rotatable bonds is 5. The Bertz CT molecular complexity index is 874. The van der Waals surface area contributed by atoms with Crippen molar-refractivity contribution in [3.05, 3.63) is 17.0 Å². The molecule has 158 valence electrons. The van der Waals surface area contributed by atoms with E-state index < -0.39 is 30.1 Å². The first-order valence-corrected chi connectivity index (χ1v) is 9.76. The number of aliphatic hydroxyl groups excluding tert-OH is 1. The van der Waals surface area contributed by atoms with Crippen LogP contribution in [0.2, 0.25) is 0 Å². The summed E-state index contributed by atoms with van der Waals surface area (Å²) in [7, 11) is 0. The summed E-state index contributed by atoms with van der Waals surface area (Å²) in [5.41, 5.74) is -0.412. The van der Waals surface area contributed by atoms with E-state index in [0.717, 1.165) is 37.9 Å². The normalized spacial score (nSPS) is 26.6. The number of aliphatic imine (C=N–C) groups is 2. The number of fused-ring (bicyclic) bond motifs is 3. The predicted molar refractivity (Wildman–Crippen MR) is 100 cm³/mol. The van der Waals surface area contributed by atoms with Gasteiger partial charge in [-0.1, -0.05) is 0 Å². The average Bonchev–Trinajstić information content (AvgIpc) is 3.37. The molecule has 29 heavy (non-hydrogen) atoms. The second-order valence-electron chi connectivity index (χ2n) is 8.52. The molecule has 10 heteroatoms. The SMILES string of the molecule is CC(C)([C@H](CO)NC(=O)c1nn(C2CN=CC=N2)c2c1CC[C@@H]1C[C@H]21)C(F)(F)F. The number of aromatic nitrogens is 2. The third kappa shape index (κ3) is 3.37. The van der Waals surface area contributed by atoms with E-state index in [1.165, 1.54) is 0 Å². The quantitative estimate of drug-likeness (QED) is 0.779. The smallest absolute Gasteiger partial charge is 0.394 e. The van der Waals surface area contributed by atoms with Gasteiger partial charge in [-0.15, -0.1) is 0 Å². The third-order valence-electron chi connectivity index (χ3n) is 6.37. The first-order valence-electron chi connectivity index (χ1n) is 9.76. The molecule has 1 aliphatic heterocycles. The lowest BCUT2D eigenvalue weighted by Crippen LogP contribution is -2.54. The number of aliphatic hydroxyl groups is 1. The third-order valence-corrected chi connectivity index (χ3v) is 6.37. The Kier molecular flexibility index (Phi) is 4.79. The van der Waals surface area contributed by atoms with E-state index in [0.29, 0.717) is 24.8 Å². The monoisotopic (exact) mass is 411 g/mol. The first kappa shape index (κ1) is 20.1. The molecule has 1 fully saturated rings. The number of alkyl halides is 3. The van der Waals surface area contributed by atoms with Crippen LogP contribution in [0.5, 0.6) is 0 Å². The summed E-state index contributed by atoms with van der Waals surface area (Å²) in [5.74, 6) is 0.187. The summed E-state index contributed by atoms with van der Waals surface area (Å²) in [5, 5.41) is 16.4. The number of carbonyl (C=O) groups is 1. The summed E-state index contributed by atoms with van der Waals surface area (Å²) in [4.78, 5) is 21.5. The van der Waals surface area contributed by atoms with Gasteiger partial charge in [-0.2, -0.15) is 18.3 Å². The van der Waals surface area contributed by atoms with Crippen molar-refractivity contribution in [3.63, 3.8) is 0 Å². The number of nitrogens with zero attached hydrogens (tertiary/aromatic N) is 4. The molecule has 1 amide bonds. The standard InChI is InChI=1S/C19H24F3N5O2/c1-18(2,19(20,21)22)13(9-28)25-17(29)15-11-4-3-10-7-12(10)16(11)27(26-15)14-8-23-5-6-24-14/h5-6,10,12-14,28H,3-4,7-9H2,1-2H3,(H,25,29)/t10-,12+,13+,14?/m1/s1.